The maximum absolute atomic E-state index is 11.6. The molecule has 3 N–H and O–H groups in total. The van der Waals surface area contributed by atoms with E-state index in [4.69, 9.17) is 5.11 Å². The summed E-state index contributed by atoms with van der Waals surface area (Å²) >= 11 is 1.40. The second-order valence-electron chi connectivity index (χ2n) is 4.68. The predicted octanol–water partition coefficient (Wildman–Crippen LogP) is 1.54. The Morgan fingerprint density at radius 1 is 1.30 bits per heavy atom. The van der Waals surface area contributed by atoms with Crippen LogP contribution in [0.5, 0.6) is 0 Å². The van der Waals surface area contributed by atoms with Gasteiger partial charge in [0.15, 0.2) is 0 Å². The van der Waals surface area contributed by atoms with Crippen molar-refractivity contribution in [3.05, 3.63) is 22.4 Å². The molecule has 1 unspecified atom stereocenters. The van der Waals surface area contributed by atoms with E-state index in [1.54, 1.807) is 13.0 Å². The number of hydrogen-bond donors (Lipinski definition) is 3. The molecule has 0 fully saturated rings. The zero-order chi connectivity index (χ0) is 14.8. The minimum absolute atomic E-state index is 0.0130. The molecule has 1 rings (SSSR count). The van der Waals surface area contributed by atoms with E-state index in [-0.39, 0.29) is 17.9 Å². The van der Waals surface area contributed by atoms with E-state index < -0.39 is 0 Å². The Bertz CT molecular complexity index is 405. The second-order valence-corrected chi connectivity index (χ2v) is 5.63. The largest absolute Gasteiger partial charge is 0.393 e. The summed E-state index contributed by atoms with van der Waals surface area (Å²) in [6.07, 6.45) is 2.17. The van der Waals surface area contributed by atoms with E-state index in [1.165, 1.54) is 11.3 Å². The first-order valence-corrected chi connectivity index (χ1v) is 7.74. The first-order valence-electron chi connectivity index (χ1n) is 6.86. The fourth-order valence-corrected chi connectivity index (χ4v) is 2.30. The van der Waals surface area contributed by atoms with Gasteiger partial charge in [-0.3, -0.25) is 9.59 Å². The van der Waals surface area contributed by atoms with Crippen LogP contribution in [0.3, 0.4) is 0 Å². The van der Waals surface area contributed by atoms with Gasteiger partial charge < -0.3 is 15.7 Å². The van der Waals surface area contributed by atoms with Crippen LogP contribution >= 0.6 is 11.3 Å². The van der Waals surface area contributed by atoms with Crippen LogP contribution in [-0.2, 0) is 4.79 Å². The van der Waals surface area contributed by atoms with Crippen LogP contribution in [0.25, 0.3) is 0 Å². The zero-order valence-corrected chi connectivity index (χ0v) is 12.5. The first kappa shape index (κ1) is 16.7. The van der Waals surface area contributed by atoms with Crippen LogP contribution in [0.2, 0.25) is 0 Å². The van der Waals surface area contributed by atoms with Crippen molar-refractivity contribution >= 4 is 23.2 Å². The van der Waals surface area contributed by atoms with Gasteiger partial charge in [0, 0.05) is 19.5 Å². The summed E-state index contributed by atoms with van der Waals surface area (Å²) in [7, 11) is 0. The molecule has 0 bridgehead atoms. The summed E-state index contributed by atoms with van der Waals surface area (Å²) in [4.78, 5) is 23.8. The van der Waals surface area contributed by atoms with E-state index in [1.807, 2.05) is 11.4 Å². The average molecular weight is 298 g/mol. The van der Waals surface area contributed by atoms with Crippen molar-refractivity contribution in [2.24, 2.45) is 0 Å². The monoisotopic (exact) mass is 298 g/mol. The summed E-state index contributed by atoms with van der Waals surface area (Å²) in [5.74, 6) is -0.0988. The molecule has 5 nitrogen and oxygen atoms in total. The van der Waals surface area contributed by atoms with Crippen molar-refractivity contribution < 1.29 is 14.7 Å². The highest BCUT2D eigenvalue weighted by Gasteiger charge is 2.06. The summed E-state index contributed by atoms with van der Waals surface area (Å²) < 4.78 is 0. The van der Waals surface area contributed by atoms with Crippen molar-refractivity contribution in [3.63, 3.8) is 0 Å². The molecule has 0 aliphatic heterocycles. The Labute approximate surface area is 123 Å². The molecule has 1 aromatic rings. The summed E-state index contributed by atoms with van der Waals surface area (Å²) in [5, 5.41) is 16.5. The van der Waals surface area contributed by atoms with Gasteiger partial charge in [-0.25, -0.2) is 0 Å². The number of hydrogen-bond acceptors (Lipinski definition) is 4. The van der Waals surface area contributed by atoms with Crippen LogP contribution in [0.4, 0.5) is 0 Å². The Kier molecular flexibility index (Phi) is 7.91. The maximum atomic E-state index is 11.6. The Balaban J connectivity index is 2.00. The number of amides is 2. The van der Waals surface area contributed by atoms with Gasteiger partial charge in [-0.1, -0.05) is 6.07 Å². The number of carbonyl (C=O) groups is 2. The van der Waals surface area contributed by atoms with E-state index >= 15 is 0 Å². The van der Waals surface area contributed by atoms with E-state index in [2.05, 4.69) is 10.6 Å². The Morgan fingerprint density at radius 2 is 2.05 bits per heavy atom. The van der Waals surface area contributed by atoms with Crippen LogP contribution in [0.15, 0.2) is 17.5 Å². The van der Waals surface area contributed by atoms with Crippen LogP contribution < -0.4 is 10.6 Å². The number of aliphatic hydroxyl groups excluding tert-OH is 1. The third-order valence-corrected chi connectivity index (χ3v) is 3.60. The van der Waals surface area contributed by atoms with Gasteiger partial charge in [-0.2, -0.15) is 0 Å². The van der Waals surface area contributed by atoms with Crippen molar-refractivity contribution in [3.8, 4) is 0 Å². The SMILES string of the molecule is CC(O)CCCNC(=O)CCCNC(=O)c1cccs1. The Morgan fingerprint density at radius 3 is 2.70 bits per heavy atom. The van der Waals surface area contributed by atoms with Crippen LogP contribution in [0.1, 0.15) is 42.3 Å². The molecule has 1 atom stereocenters. The average Bonchev–Trinajstić information content (AvgIpc) is 2.93. The smallest absolute Gasteiger partial charge is 0.261 e. The summed E-state index contributed by atoms with van der Waals surface area (Å²) in [6, 6.07) is 3.61. The van der Waals surface area contributed by atoms with Crippen LogP contribution in [-0.4, -0.2) is 36.1 Å². The highest BCUT2D eigenvalue weighted by atomic mass is 32.1. The highest BCUT2D eigenvalue weighted by molar-refractivity contribution is 7.12. The summed E-state index contributed by atoms with van der Waals surface area (Å²) in [6.45, 7) is 2.82. The third-order valence-electron chi connectivity index (χ3n) is 2.73. The topological polar surface area (TPSA) is 78.4 Å². The molecule has 0 saturated heterocycles. The number of nitrogens with one attached hydrogen (secondary N) is 2. The first-order chi connectivity index (χ1) is 9.59. The van der Waals surface area contributed by atoms with Gasteiger partial charge in [0.1, 0.15) is 0 Å². The second kappa shape index (κ2) is 9.50. The van der Waals surface area contributed by atoms with Crippen molar-refractivity contribution in [1.29, 1.82) is 0 Å². The molecule has 0 aliphatic rings. The lowest BCUT2D eigenvalue weighted by atomic mass is 10.2. The quantitative estimate of drug-likeness (QED) is 0.605. The standard InChI is InChI=1S/C14H22N2O3S/c1-11(17)5-2-8-15-13(18)7-3-9-16-14(19)12-6-4-10-20-12/h4,6,10-11,17H,2-3,5,7-9H2,1H3,(H,15,18)(H,16,19). The molecule has 0 aromatic carbocycles. The molecule has 20 heavy (non-hydrogen) atoms. The molecule has 0 spiro atoms. The van der Waals surface area contributed by atoms with Crippen LogP contribution in [0, 0.1) is 0 Å². The van der Waals surface area contributed by atoms with Gasteiger partial charge in [0.25, 0.3) is 5.91 Å². The molecule has 1 heterocycles. The van der Waals surface area contributed by atoms with Gasteiger partial charge in [0.05, 0.1) is 11.0 Å². The number of carbonyl (C=O) groups excluding carboxylic acids is 2. The molecule has 6 heteroatoms. The lowest BCUT2D eigenvalue weighted by molar-refractivity contribution is -0.121. The maximum Gasteiger partial charge on any atom is 0.261 e. The Hall–Kier alpha value is -1.40. The van der Waals surface area contributed by atoms with Crippen molar-refractivity contribution in [2.75, 3.05) is 13.1 Å². The fraction of sp³-hybridized carbons (Fsp3) is 0.571. The van der Waals surface area contributed by atoms with Gasteiger partial charge in [-0.15, -0.1) is 11.3 Å². The van der Waals surface area contributed by atoms with E-state index in [0.717, 1.165) is 6.42 Å². The molecule has 0 saturated carbocycles. The highest BCUT2D eigenvalue weighted by Crippen LogP contribution is 2.07. The molecule has 0 aliphatic carbocycles. The van der Waals surface area contributed by atoms with Crippen molar-refractivity contribution in [1.82, 2.24) is 10.6 Å². The number of rotatable bonds is 9. The predicted molar refractivity (Wildman–Crippen MR) is 79.8 cm³/mol. The molecule has 112 valence electrons. The zero-order valence-electron chi connectivity index (χ0n) is 11.7. The third kappa shape index (κ3) is 7.25. The fourth-order valence-electron chi connectivity index (χ4n) is 1.66. The number of aliphatic hydroxyl groups is 1. The molecular formula is C14H22N2O3S. The summed E-state index contributed by atoms with van der Waals surface area (Å²) in [5.41, 5.74) is 0. The van der Waals surface area contributed by atoms with E-state index in [9.17, 15) is 9.59 Å². The molecule has 2 amide bonds. The minimum Gasteiger partial charge on any atom is -0.393 e. The van der Waals surface area contributed by atoms with Gasteiger partial charge in [-0.05, 0) is 37.6 Å². The molecule has 0 radical (unpaired) electrons. The van der Waals surface area contributed by atoms with Gasteiger partial charge >= 0.3 is 0 Å². The molecule has 1 aromatic heterocycles. The normalized spacial score (nSPS) is 11.9. The minimum atomic E-state index is -0.320. The lowest BCUT2D eigenvalue weighted by Crippen LogP contribution is -2.27. The van der Waals surface area contributed by atoms with Gasteiger partial charge in [0.2, 0.25) is 5.91 Å². The molecular weight excluding hydrogens is 276 g/mol. The number of thiophene rings is 1. The lowest BCUT2D eigenvalue weighted by Gasteiger charge is -2.07. The van der Waals surface area contributed by atoms with Crippen molar-refractivity contribution in [2.45, 2.75) is 38.7 Å². The van der Waals surface area contributed by atoms with E-state index in [0.29, 0.717) is 37.2 Å².